The summed E-state index contributed by atoms with van der Waals surface area (Å²) in [4.78, 5) is 30.0. The van der Waals surface area contributed by atoms with E-state index in [1.807, 2.05) is 0 Å². The zero-order valence-corrected chi connectivity index (χ0v) is 17.9. The van der Waals surface area contributed by atoms with Gasteiger partial charge in [-0.15, -0.1) is 0 Å². The van der Waals surface area contributed by atoms with E-state index in [-0.39, 0.29) is 40.8 Å². The number of nitrogens with one attached hydrogen (secondary N) is 1. The van der Waals surface area contributed by atoms with Crippen LogP contribution in [0.25, 0.3) is 11.7 Å². The summed E-state index contributed by atoms with van der Waals surface area (Å²) < 4.78 is 43.4. The van der Waals surface area contributed by atoms with E-state index in [9.17, 15) is 27.7 Å². The largest absolute Gasteiger partial charge is 0.438 e. The van der Waals surface area contributed by atoms with Crippen molar-refractivity contribution in [2.75, 3.05) is 11.5 Å². The van der Waals surface area contributed by atoms with E-state index in [2.05, 4.69) is 10.3 Å². The number of hydrogen-bond acceptors (Lipinski definition) is 7. The molecule has 0 aliphatic carbocycles. The van der Waals surface area contributed by atoms with Crippen molar-refractivity contribution in [3.05, 3.63) is 76.0 Å². The van der Waals surface area contributed by atoms with Crippen molar-refractivity contribution < 1.29 is 22.3 Å². The molecule has 0 bridgehead atoms. The minimum Gasteiger partial charge on any atom is -0.438 e. The number of ether oxygens (including phenoxy) is 1. The highest BCUT2D eigenvalue weighted by Crippen LogP contribution is 2.24. The van der Waals surface area contributed by atoms with Crippen molar-refractivity contribution in [1.82, 2.24) is 14.7 Å². The Bertz CT molecular complexity index is 1470. The maximum Gasteiger partial charge on any atom is 0.269 e. The number of rotatable bonds is 5. The highest BCUT2D eigenvalue weighted by Gasteiger charge is 2.29. The fourth-order valence-electron chi connectivity index (χ4n) is 3.36. The quantitative estimate of drug-likeness (QED) is 0.447. The minimum atomic E-state index is -3.23. The van der Waals surface area contributed by atoms with Crippen LogP contribution in [-0.4, -0.2) is 41.3 Å². The summed E-state index contributed by atoms with van der Waals surface area (Å²) in [5, 5.41) is 12.1. The number of sulfone groups is 1. The van der Waals surface area contributed by atoms with Crippen LogP contribution in [0.4, 0.5) is 4.39 Å². The topological polar surface area (TPSA) is 131 Å². The minimum absolute atomic E-state index is 0.0465. The standard InChI is InChI=1S/C22H17FN4O5S/c23-15-4-6-17(7-5-15)32-21-18(22(29)27-9-2-1-3-19(27)26-21)11-14(12-24)20(28)25-16-8-10-33(30,31)13-16/h1-7,9,11,16H,8,10,13H2,(H,25,28). The van der Waals surface area contributed by atoms with Crippen LogP contribution < -0.4 is 15.6 Å². The summed E-state index contributed by atoms with van der Waals surface area (Å²) in [5.41, 5.74) is -0.926. The maximum atomic E-state index is 13.2. The normalized spacial score (nSPS) is 17.5. The lowest BCUT2D eigenvalue weighted by Gasteiger charge is -2.12. The second-order valence-corrected chi connectivity index (χ2v) is 9.59. The Morgan fingerprint density at radius 3 is 2.70 bits per heavy atom. The van der Waals surface area contributed by atoms with Crippen LogP contribution in [0.15, 0.2) is 59.0 Å². The van der Waals surface area contributed by atoms with Gasteiger partial charge in [-0.3, -0.25) is 14.0 Å². The third-order valence-electron chi connectivity index (χ3n) is 4.98. The lowest BCUT2D eigenvalue weighted by Crippen LogP contribution is -2.36. The monoisotopic (exact) mass is 468 g/mol. The van der Waals surface area contributed by atoms with E-state index in [1.165, 1.54) is 34.9 Å². The molecule has 9 nitrogen and oxygen atoms in total. The smallest absolute Gasteiger partial charge is 0.269 e. The first-order chi connectivity index (χ1) is 15.8. The number of nitrogens with zero attached hydrogens (tertiary/aromatic N) is 3. The van der Waals surface area contributed by atoms with Gasteiger partial charge in [0.1, 0.15) is 34.4 Å². The molecule has 0 spiro atoms. The van der Waals surface area contributed by atoms with Gasteiger partial charge in [-0.2, -0.15) is 10.2 Å². The van der Waals surface area contributed by atoms with Crippen LogP contribution in [0.3, 0.4) is 0 Å². The zero-order chi connectivity index (χ0) is 23.6. The van der Waals surface area contributed by atoms with Crippen molar-refractivity contribution >= 4 is 27.5 Å². The molecule has 1 aliphatic heterocycles. The van der Waals surface area contributed by atoms with Gasteiger partial charge in [-0.05, 0) is 48.9 Å². The van der Waals surface area contributed by atoms with Gasteiger partial charge in [-0.25, -0.2) is 12.8 Å². The second kappa shape index (κ2) is 8.84. The molecule has 33 heavy (non-hydrogen) atoms. The summed E-state index contributed by atoms with van der Waals surface area (Å²) >= 11 is 0. The van der Waals surface area contributed by atoms with Gasteiger partial charge in [0, 0.05) is 12.2 Å². The molecule has 1 saturated heterocycles. The van der Waals surface area contributed by atoms with Crippen molar-refractivity contribution in [3.63, 3.8) is 0 Å². The summed E-state index contributed by atoms with van der Waals surface area (Å²) in [7, 11) is -3.23. The van der Waals surface area contributed by atoms with Crippen LogP contribution >= 0.6 is 0 Å². The fraction of sp³-hybridized carbons (Fsp3) is 0.182. The van der Waals surface area contributed by atoms with Crippen LogP contribution in [0.2, 0.25) is 0 Å². The molecule has 1 N–H and O–H groups in total. The lowest BCUT2D eigenvalue weighted by atomic mass is 10.1. The molecule has 168 valence electrons. The number of pyridine rings is 1. The average Bonchev–Trinajstić information content (AvgIpc) is 3.13. The number of amides is 1. The number of carbonyl (C=O) groups excluding carboxylic acids is 1. The number of benzene rings is 1. The number of halogens is 1. The van der Waals surface area contributed by atoms with Gasteiger partial charge < -0.3 is 10.1 Å². The Hall–Kier alpha value is -4.04. The number of fused-ring (bicyclic) bond motifs is 1. The van der Waals surface area contributed by atoms with E-state index in [4.69, 9.17) is 4.74 Å². The van der Waals surface area contributed by atoms with E-state index >= 15 is 0 Å². The van der Waals surface area contributed by atoms with Gasteiger partial charge >= 0.3 is 0 Å². The van der Waals surface area contributed by atoms with E-state index in [0.717, 1.165) is 6.08 Å². The molecular weight excluding hydrogens is 451 g/mol. The Balaban J connectivity index is 1.75. The highest BCUT2D eigenvalue weighted by molar-refractivity contribution is 7.91. The lowest BCUT2D eigenvalue weighted by molar-refractivity contribution is -0.117. The summed E-state index contributed by atoms with van der Waals surface area (Å²) in [5.74, 6) is -1.54. The third kappa shape index (κ3) is 4.91. The molecule has 1 aromatic carbocycles. The Morgan fingerprint density at radius 1 is 1.27 bits per heavy atom. The molecule has 4 rings (SSSR count). The molecule has 0 saturated carbocycles. The predicted molar refractivity (Wildman–Crippen MR) is 117 cm³/mol. The van der Waals surface area contributed by atoms with Crippen molar-refractivity contribution in [1.29, 1.82) is 5.26 Å². The number of hydrogen-bond donors (Lipinski definition) is 1. The SMILES string of the molecule is N#CC(=Cc1c(Oc2ccc(F)cc2)nc2ccccn2c1=O)C(=O)NC1CCS(=O)(=O)C1. The molecule has 1 amide bonds. The molecule has 1 atom stereocenters. The molecule has 3 aromatic rings. The molecule has 11 heteroatoms. The van der Waals surface area contributed by atoms with Crippen molar-refractivity contribution in [2.24, 2.45) is 0 Å². The molecule has 1 aliphatic rings. The maximum absolute atomic E-state index is 13.2. The van der Waals surface area contributed by atoms with Crippen LogP contribution in [-0.2, 0) is 14.6 Å². The van der Waals surface area contributed by atoms with Crippen LogP contribution in [0, 0.1) is 17.1 Å². The van der Waals surface area contributed by atoms with Crippen molar-refractivity contribution in [3.8, 4) is 17.7 Å². The molecule has 3 heterocycles. The molecular formula is C22H17FN4O5S. The summed E-state index contributed by atoms with van der Waals surface area (Å²) in [6, 6.07) is 11.0. The summed E-state index contributed by atoms with van der Waals surface area (Å²) in [6.07, 6.45) is 2.76. The fourth-order valence-corrected chi connectivity index (χ4v) is 5.04. The van der Waals surface area contributed by atoms with E-state index in [0.29, 0.717) is 0 Å². The molecule has 0 radical (unpaired) electrons. The molecule has 1 fully saturated rings. The first kappa shape index (κ1) is 22.2. The number of aromatic nitrogens is 2. The first-order valence-electron chi connectivity index (χ1n) is 9.83. The zero-order valence-electron chi connectivity index (χ0n) is 17.1. The average molecular weight is 468 g/mol. The summed E-state index contributed by atoms with van der Waals surface area (Å²) in [6.45, 7) is 0. The van der Waals surface area contributed by atoms with Gasteiger partial charge in [-0.1, -0.05) is 6.07 Å². The number of nitriles is 1. The molecule has 2 aromatic heterocycles. The van der Waals surface area contributed by atoms with E-state index < -0.39 is 38.7 Å². The second-order valence-electron chi connectivity index (χ2n) is 7.36. The van der Waals surface area contributed by atoms with Crippen LogP contribution in [0.5, 0.6) is 11.6 Å². The molecule has 1 unspecified atom stereocenters. The Kier molecular flexibility index (Phi) is 5.93. The van der Waals surface area contributed by atoms with E-state index in [1.54, 1.807) is 24.3 Å². The van der Waals surface area contributed by atoms with Crippen LogP contribution in [0.1, 0.15) is 12.0 Å². The number of carbonyl (C=O) groups is 1. The van der Waals surface area contributed by atoms with Gasteiger partial charge in [0.2, 0.25) is 5.88 Å². The Morgan fingerprint density at radius 2 is 2.03 bits per heavy atom. The first-order valence-corrected chi connectivity index (χ1v) is 11.7. The van der Waals surface area contributed by atoms with Gasteiger partial charge in [0.15, 0.2) is 9.84 Å². The van der Waals surface area contributed by atoms with Gasteiger partial charge in [0.05, 0.1) is 11.5 Å². The highest BCUT2D eigenvalue weighted by atomic mass is 32.2. The third-order valence-corrected chi connectivity index (χ3v) is 6.75. The Labute approximate surface area is 187 Å². The predicted octanol–water partition coefficient (Wildman–Crippen LogP) is 1.84. The van der Waals surface area contributed by atoms with Gasteiger partial charge in [0.25, 0.3) is 11.5 Å². The van der Waals surface area contributed by atoms with Crippen molar-refractivity contribution in [2.45, 2.75) is 12.5 Å².